The molecule has 104 valence electrons. The van der Waals surface area contributed by atoms with Gasteiger partial charge in [-0.25, -0.2) is 0 Å². The van der Waals surface area contributed by atoms with Crippen LogP contribution in [0.15, 0.2) is 18.5 Å². The van der Waals surface area contributed by atoms with Gasteiger partial charge in [0, 0.05) is 11.6 Å². The molecule has 7 heteroatoms. The molecule has 0 spiro atoms. The number of aromatic nitrogens is 2. The van der Waals surface area contributed by atoms with Gasteiger partial charge in [0.15, 0.2) is 12.7 Å². The Morgan fingerprint density at radius 3 is 2.63 bits per heavy atom. The van der Waals surface area contributed by atoms with Gasteiger partial charge in [-0.05, 0) is 18.9 Å². The zero-order chi connectivity index (χ0) is 14.5. The van der Waals surface area contributed by atoms with Crippen LogP contribution in [0.4, 0.5) is 0 Å². The van der Waals surface area contributed by atoms with Crippen molar-refractivity contribution in [2.45, 2.75) is 32.4 Å². The first-order valence-electron chi connectivity index (χ1n) is 5.85. The molecule has 1 heterocycles. The molecule has 0 atom stereocenters. The summed E-state index contributed by atoms with van der Waals surface area (Å²) >= 11 is 0. The lowest BCUT2D eigenvalue weighted by Gasteiger charge is -2.23. The zero-order valence-corrected chi connectivity index (χ0v) is 11.0. The van der Waals surface area contributed by atoms with Crippen molar-refractivity contribution < 1.29 is 24.5 Å². The largest absolute Gasteiger partial charge is 0.481 e. The van der Waals surface area contributed by atoms with Crippen LogP contribution in [0.3, 0.4) is 0 Å². The molecule has 0 unspecified atom stereocenters. The lowest BCUT2D eigenvalue weighted by molar-refractivity contribution is -0.754. The molecule has 0 radical (unpaired) electrons. The first-order chi connectivity index (χ1) is 8.84. The number of carbonyl (C=O) groups is 2. The van der Waals surface area contributed by atoms with Gasteiger partial charge in [-0.2, -0.15) is 0 Å². The van der Waals surface area contributed by atoms with E-state index < -0.39 is 11.5 Å². The minimum Gasteiger partial charge on any atom is -0.481 e. The lowest BCUT2D eigenvalue weighted by atomic mass is 10.0. The van der Waals surface area contributed by atoms with Gasteiger partial charge in [0.25, 0.3) is 5.91 Å². The summed E-state index contributed by atoms with van der Waals surface area (Å²) in [6.07, 6.45) is 2.79. The van der Waals surface area contributed by atoms with E-state index in [9.17, 15) is 9.59 Å². The van der Waals surface area contributed by atoms with Gasteiger partial charge in [-0.15, -0.1) is 0 Å². The van der Waals surface area contributed by atoms with Crippen molar-refractivity contribution in [2.75, 3.05) is 6.61 Å². The minimum atomic E-state index is -0.975. The summed E-state index contributed by atoms with van der Waals surface area (Å²) in [7, 11) is 0. The number of nitrogens with zero attached hydrogens (tertiary/aromatic N) is 2. The highest BCUT2D eigenvalue weighted by Gasteiger charge is 2.24. The first-order valence-corrected chi connectivity index (χ1v) is 5.85. The molecule has 7 nitrogen and oxygen atoms in total. The average Bonchev–Trinajstić information content (AvgIpc) is 2.27. The Kier molecular flexibility index (Phi) is 4.94. The zero-order valence-electron chi connectivity index (χ0n) is 11.0. The van der Waals surface area contributed by atoms with Crippen molar-refractivity contribution in [3.05, 3.63) is 24.0 Å². The molecule has 1 aromatic heterocycles. The van der Waals surface area contributed by atoms with Crippen LogP contribution in [0.1, 0.15) is 30.6 Å². The molecule has 0 aromatic carbocycles. The molecule has 19 heavy (non-hydrogen) atoms. The van der Waals surface area contributed by atoms with E-state index in [1.165, 1.54) is 10.9 Å². The highest BCUT2D eigenvalue weighted by Crippen LogP contribution is 2.09. The van der Waals surface area contributed by atoms with Crippen LogP contribution < -0.4 is 10.00 Å². The number of hydrogen-bond acceptors (Lipinski definition) is 4. The van der Waals surface area contributed by atoms with E-state index in [1.54, 1.807) is 26.1 Å². The van der Waals surface area contributed by atoms with Crippen LogP contribution in [0.2, 0.25) is 0 Å². The van der Waals surface area contributed by atoms with E-state index in [0.717, 1.165) is 0 Å². The van der Waals surface area contributed by atoms with Gasteiger partial charge >= 0.3 is 5.97 Å². The van der Waals surface area contributed by atoms with E-state index in [1.807, 2.05) is 0 Å². The third kappa shape index (κ3) is 5.01. The van der Waals surface area contributed by atoms with Crippen LogP contribution in [0.5, 0.6) is 0 Å². The highest BCUT2D eigenvalue weighted by atomic mass is 16.4. The van der Waals surface area contributed by atoms with Crippen molar-refractivity contribution in [3.63, 3.8) is 0 Å². The Balaban J connectivity index is 2.70. The monoisotopic (exact) mass is 268 g/mol. The maximum atomic E-state index is 11.9. The van der Waals surface area contributed by atoms with Crippen LogP contribution in [-0.4, -0.2) is 39.3 Å². The maximum absolute atomic E-state index is 11.9. The summed E-state index contributed by atoms with van der Waals surface area (Å²) in [5.74, 6) is -1.35. The summed E-state index contributed by atoms with van der Waals surface area (Å²) in [4.78, 5) is 22.6. The molecule has 0 bridgehead atoms. The Hall–Kier alpha value is -2.02. The SMILES string of the molecule is CC(C)(CC(=O)O)NC(=O)c1cc[n+](CCO)nc1. The molecule has 1 rings (SSSR count). The summed E-state index contributed by atoms with van der Waals surface area (Å²) in [5.41, 5.74) is -0.493. The van der Waals surface area contributed by atoms with Gasteiger partial charge in [0.2, 0.25) is 0 Å². The van der Waals surface area contributed by atoms with Crippen LogP contribution in [0, 0.1) is 0 Å². The smallest absolute Gasteiger partial charge is 0.305 e. The van der Waals surface area contributed by atoms with Crippen LogP contribution >= 0.6 is 0 Å². The fraction of sp³-hybridized carbons (Fsp3) is 0.500. The maximum Gasteiger partial charge on any atom is 0.305 e. The second-order valence-electron chi connectivity index (χ2n) is 4.81. The Morgan fingerprint density at radius 2 is 2.16 bits per heavy atom. The summed E-state index contributed by atoms with van der Waals surface area (Å²) < 4.78 is 1.50. The van der Waals surface area contributed by atoms with Crippen molar-refractivity contribution in [2.24, 2.45) is 0 Å². The number of hydrogen-bond donors (Lipinski definition) is 3. The molecule has 0 saturated heterocycles. The molecule has 0 saturated carbocycles. The number of carboxylic acid groups (broad SMARTS) is 1. The predicted octanol–water partition coefficient (Wildman–Crippen LogP) is -0.655. The van der Waals surface area contributed by atoms with Crippen molar-refractivity contribution in [1.82, 2.24) is 10.4 Å². The Morgan fingerprint density at radius 1 is 1.47 bits per heavy atom. The predicted molar refractivity (Wildman–Crippen MR) is 65.3 cm³/mol. The topological polar surface area (TPSA) is 103 Å². The normalized spacial score (nSPS) is 11.1. The second kappa shape index (κ2) is 6.24. The Bertz CT molecular complexity index is 457. The molecule has 0 aliphatic rings. The molecular weight excluding hydrogens is 250 g/mol. The quantitative estimate of drug-likeness (QED) is 0.594. The fourth-order valence-corrected chi connectivity index (χ4v) is 1.56. The van der Waals surface area contributed by atoms with Gasteiger partial charge < -0.3 is 15.5 Å². The number of aliphatic carboxylic acids is 1. The molecule has 0 fully saturated rings. The van der Waals surface area contributed by atoms with E-state index in [-0.39, 0.29) is 18.9 Å². The summed E-state index contributed by atoms with van der Waals surface area (Å²) in [5, 5.41) is 24.1. The molecule has 0 aliphatic heterocycles. The van der Waals surface area contributed by atoms with E-state index in [4.69, 9.17) is 10.2 Å². The van der Waals surface area contributed by atoms with Crippen molar-refractivity contribution >= 4 is 11.9 Å². The third-order valence-electron chi connectivity index (χ3n) is 2.41. The van der Waals surface area contributed by atoms with Crippen LogP contribution in [0.25, 0.3) is 0 Å². The van der Waals surface area contributed by atoms with Gasteiger partial charge in [0.1, 0.15) is 12.8 Å². The second-order valence-corrected chi connectivity index (χ2v) is 4.81. The molecular formula is C12H18N3O4+. The lowest BCUT2D eigenvalue weighted by Crippen LogP contribution is -2.45. The van der Waals surface area contributed by atoms with E-state index in [0.29, 0.717) is 12.1 Å². The van der Waals surface area contributed by atoms with Gasteiger partial charge in [-0.1, -0.05) is 4.68 Å². The number of nitrogens with one attached hydrogen (secondary N) is 1. The van der Waals surface area contributed by atoms with Gasteiger partial charge in [0.05, 0.1) is 12.0 Å². The van der Waals surface area contributed by atoms with Crippen LogP contribution in [-0.2, 0) is 11.3 Å². The van der Waals surface area contributed by atoms with Crippen molar-refractivity contribution in [3.8, 4) is 0 Å². The average molecular weight is 268 g/mol. The number of carboxylic acids is 1. The summed E-state index contributed by atoms with van der Waals surface area (Å²) in [6, 6.07) is 1.56. The number of amides is 1. The van der Waals surface area contributed by atoms with E-state index in [2.05, 4.69) is 10.4 Å². The summed E-state index contributed by atoms with van der Waals surface area (Å²) in [6.45, 7) is 3.60. The van der Waals surface area contributed by atoms with E-state index >= 15 is 0 Å². The molecule has 3 N–H and O–H groups in total. The van der Waals surface area contributed by atoms with Gasteiger partial charge in [-0.3, -0.25) is 9.59 Å². The third-order valence-corrected chi connectivity index (χ3v) is 2.41. The fourth-order valence-electron chi connectivity index (χ4n) is 1.56. The number of carbonyl (C=O) groups excluding carboxylic acids is 1. The Labute approximate surface area is 110 Å². The number of aliphatic hydroxyl groups excluding tert-OH is 1. The first kappa shape index (κ1) is 15.0. The van der Waals surface area contributed by atoms with Crippen molar-refractivity contribution in [1.29, 1.82) is 0 Å². The number of rotatable bonds is 6. The number of aliphatic hydroxyl groups is 1. The minimum absolute atomic E-state index is 0.0329. The highest BCUT2D eigenvalue weighted by molar-refractivity contribution is 5.94. The molecule has 1 amide bonds. The molecule has 1 aromatic rings. The molecule has 0 aliphatic carbocycles. The standard InChI is InChI=1S/C12H17N3O4/c1-12(2,7-10(17)18)14-11(19)9-3-4-15(5-6-16)13-8-9/h3-4,8,16H,5-7H2,1-2H3,(H-,14,17,18,19)/p+1.